The first-order chi connectivity index (χ1) is 28.6. The van der Waals surface area contributed by atoms with Gasteiger partial charge in [0.05, 0.1) is 34.4 Å². The number of carbonyl (C=O) groups is 1. The molecule has 0 aliphatic rings. The summed E-state index contributed by atoms with van der Waals surface area (Å²) in [6.45, 7) is 5.20. The number of quaternary nitrogens is 1. The molecule has 0 aromatic carbocycles. The predicted molar refractivity (Wildman–Crippen MR) is 249 cm³/mol. The Kier molecular flexibility index (Phi) is 41.1. The van der Waals surface area contributed by atoms with Gasteiger partial charge in [0.1, 0.15) is 19.3 Å². The number of carbonyl (C=O) groups excluding carboxylic acids is 1. The SMILES string of the molecule is CC/C=C\C/C=C\C/C=C\C/C=C\CCCCCCCCCCCCC(=O)OC(COCCCCCCCC/C=C\C/C=C\CCC)COP(=O)([O-])OCC[N+](C)(C)C. The lowest BCUT2D eigenvalue weighted by molar-refractivity contribution is -0.870. The summed E-state index contributed by atoms with van der Waals surface area (Å²) in [4.78, 5) is 25.1. The van der Waals surface area contributed by atoms with Crippen LogP contribution in [0.25, 0.3) is 0 Å². The highest BCUT2D eigenvalue weighted by Crippen LogP contribution is 2.38. The second-order valence-corrected chi connectivity index (χ2v) is 18.1. The zero-order valence-corrected chi connectivity index (χ0v) is 39.6. The highest BCUT2D eigenvalue weighted by molar-refractivity contribution is 7.45. The van der Waals surface area contributed by atoms with Crippen molar-refractivity contribution in [2.75, 3.05) is 54.1 Å². The fourth-order valence-electron chi connectivity index (χ4n) is 6.10. The molecule has 0 amide bonds. The number of unbranched alkanes of at least 4 members (excludes halogenated alkanes) is 17. The molecule has 0 aliphatic heterocycles. The molecule has 59 heavy (non-hydrogen) atoms. The van der Waals surface area contributed by atoms with E-state index in [1.165, 1.54) is 77.0 Å². The summed E-state index contributed by atoms with van der Waals surface area (Å²) in [5.41, 5.74) is 0. The van der Waals surface area contributed by atoms with Gasteiger partial charge < -0.3 is 27.9 Å². The molecule has 8 nitrogen and oxygen atoms in total. The molecule has 9 heteroatoms. The van der Waals surface area contributed by atoms with Gasteiger partial charge in [-0.1, -0.05) is 170 Å². The lowest BCUT2D eigenvalue weighted by atomic mass is 10.0. The number of phosphoric acid groups is 1. The third-order valence-corrected chi connectivity index (χ3v) is 10.7. The Balaban J connectivity index is 4.18. The Labute approximate surface area is 363 Å². The molecule has 0 heterocycles. The van der Waals surface area contributed by atoms with Crippen molar-refractivity contribution in [2.45, 2.75) is 187 Å². The molecule has 0 aliphatic carbocycles. The van der Waals surface area contributed by atoms with Crippen LogP contribution in [0.2, 0.25) is 0 Å². The van der Waals surface area contributed by atoms with Crippen molar-refractivity contribution in [3.8, 4) is 0 Å². The molecular weight excluding hydrogens is 758 g/mol. The molecule has 0 saturated carbocycles. The summed E-state index contributed by atoms with van der Waals surface area (Å²) in [5, 5.41) is 0. The monoisotopic (exact) mass is 848 g/mol. The van der Waals surface area contributed by atoms with Crippen molar-refractivity contribution in [3.63, 3.8) is 0 Å². The number of phosphoric ester groups is 1. The van der Waals surface area contributed by atoms with E-state index in [1.54, 1.807) is 0 Å². The molecule has 0 N–H and O–H groups in total. The van der Waals surface area contributed by atoms with Gasteiger partial charge in [-0.25, -0.2) is 0 Å². The summed E-state index contributed by atoms with van der Waals surface area (Å²) in [5.74, 6) is -0.345. The van der Waals surface area contributed by atoms with Crippen LogP contribution in [-0.4, -0.2) is 70.7 Å². The Bertz CT molecular complexity index is 1170. The van der Waals surface area contributed by atoms with Crippen LogP contribution in [0.5, 0.6) is 0 Å². The van der Waals surface area contributed by atoms with Gasteiger partial charge in [0, 0.05) is 13.0 Å². The Hall–Kier alpha value is -2.06. The zero-order valence-electron chi connectivity index (χ0n) is 38.7. The average molecular weight is 848 g/mol. The summed E-state index contributed by atoms with van der Waals surface area (Å²) >= 11 is 0. The molecule has 0 aromatic heterocycles. The molecule has 0 fully saturated rings. The van der Waals surface area contributed by atoms with Crippen LogP contribution >= 0.6 is 7.82 Å². The summed E-state index contributed by atoms with van der Waals surface area (Å²) in [6, 6.07) is 0. The topological polar surface area (TPSA) is 94.1 Å². The number of ether oxygens (including phenoxy) is 2. The molecule has 0 aromatic rings. The predicted octanol–water partition coefficient (Wildman–Crippen LogP) is 13.6. The minimum Gasteiger partial charge on any atom is -0.756 e. The Morgan fingerprint density at radius 2 is 0.983 bits per heavy atom. The van der Waals surface area contributed by atoms with Crippen molar-refractivity contribution in [3.05, 3.63) is 72.9 Å². The number of allylic oxidation sites excluding steroid dienone is 12. The van der Waals surface area contributed by atoms with Crippen LogP contribution in [-0.2, 0) is 27.9 Å². The highest BCUT2D eigenvalue weighted by Gasteiger charge is 2.20. The van der Waals surface area contributed by atoms with Crippen LogP contribution < -0.4 is 4.89 Å². The number of likely N-dealkylation sites (N-methyl/N-ethyl adjacent to an activating group) is 1. The second kappa shape index (κ2) is 42.6. The van der Waals surface area contributed by atoms with Crippen LogP contribution in [0.15, 0.2) is 72.9 Å². The van der Waals surface area contributed by atoms with Gasteiger partial charge in [-0.05, 0) is 77.0 Å². The minimum absolute atomic E-state index is 0.0197. The van der Waals surface area contributed by atoms with Crippen LogP contribution in [0.4, 0.5) is 0 Å². The van der Waals surface area contributed by atoms with Crippen molar-refractivity contribution in [1.82, 2.24) is 0 Å². The van der Waals surface area contributed by atoms with E-state index in [-0.39, 0.29) is 25.8 Å². The maximum atomic E-state index is 12.7. The van der Waals surface area contributed by atoms with Gasteiger partial charge in [-0.3, -0.25) is 9.36 Å². The van der Waals surface area contributed by atoms with E-state index in [0.717, 1.165) is 83.5 Å². The lowest BCUT2D eigenvalue weighted by Gasteiger charge is -2.28. The van der Waals surface area contributed by atoms with Gasteiger partial charge in [-0.2, -0.15) is 0 Å². The Morgan fingerprint density at radius 1 is 0.542 bits per heavy atom. The van der Waals surface area contributed by atoms with E-state index < -0.39 is 13.9 Å². The molecule has 0 saturated heterocycles. The lowest BCUT2D eigenvalue weighted by Crippen LogP contribution is -2.37. The first-order valence-electron chi connectivity index (χ1n) is 23.7. The average Bonchev–Trinajstić information content (AvgIpc) is 3.19. The first kappa shape index (κ1) is 56.9. The number of hydrogen-bond acceptors (Lipinski definition) is 7. The van der Waals surface area contributed by atoms with E-state index in [1.807, 2.05) is 21.1 Å². The highest BCUT2D eigenvalue weighted by atomic mass is 31.2. The standard InChI is InChI=1S/C50H90NO7P/c1-6-8-10-12-14-16-18-20-22-23-24-25-26-27-28-29-30-31-33-35-37-39-41-43-50(52)58-49(48-57-59(53,54)56-46-44-51(3,4)5)47-55-45-42-40-38-36-34-32-21-19-17-15-13-11-9-7-2/h8,10-11,13-14,16-17,19-20,22,24-25,49H,6-7,9,12,15,18,21,23,26-48H2,1-5H3/b10-8-,13-11-,16-14-,19-17-,22-20-,25-24-. The fraction of sp³-hybridized carbons (Fsp3) is 0.740. The summed E-state index contributed by atoms with van der Waals surface area (Å²) in [6.07, 6.45) is 54.9. The third-order valence-electron chi connectivity index (χ3n) is 9.72. The third kappa shape index (κ3) is 46.9. The molecular formula is C50H90NO7P. The van der Waals surface area contributed by atoms with Crippen LogP contribution in [0, 0.1) is 0 Å². The first-order valence-corrected chi connectivity index (χ1v) is 25.1. The quantitative estimate of drug-likeness (QED) is 0.0198. The fourth-order valence-corrected chi connectivity index (χ4v) is 6.83. The number of esters is 1. The number of nitrogens with zero attached hydrogens (tertiary/aromatic N) is 1. The van der Waals surface area contributed by atoms with E-state index in [9.17, 15) is 14.3 Å². The zero-order chi connectivity index (χ0) is 43.4. The molecule has 2 atom stereocenters. The largest absolute Gasteiger partial charge is 0.756 e. The molecule has 0 rings (SSSR count). The number of rotatable bonds is 43. The molecule has 0 radical (unpaired) electrons. The van der Waals surface area contributed by atoms with Crippen molar-refractivity contribution in [2.24, 2.45) is 0 Å². The van der Waals surface area contributed by atoms with Crippen LogP contribution in [0.3, 0.4) is 0 Å². The van der Waals surface area contributed by atoms with Crippen molar-refractivity contribution >= 4 is 13.8 Å². The van der Waals surface area contributed by atoms with E-state index in [2.05, 4.69) is 86.8 Å². The molecule has 2 unspecified atom stereocenters. The van der Waals surface area contributed by atoms with E-state index in [0.29, 0.717) is 24.1 Å². The molecule has 342 valence electrons. The Morgan fingerprint density at radius 3 is 1.47 bits per heavy atom. The minimum atomic E-state index is -4.53. The molecule has 0 bridgehead atoms. The van der Waals surface area contributed by atoms with Crippen LogP contribution in [0.1, 0.15) is 181 Å². The van der Waals surface area contributed by atoms with Gasteiger partial charge >= 0.3 is 5.97 Å². The normalized spacial score (nSPS) is 14.3. The van der Waals surface area contributed by atoms with Crippen molar-refractivity contribution in [1.29, 1.82) is 0 Å². The van der Waals surface area contributed by atoms with Gasteiger partial charge in [-0.15, -0.1) is 0 Å². The van der Waals surface area contributed by atoms with Crippen molar-refractivity contribution < 1.29 is 37.3 Å². The molecule has 0 spiro atoms. The summed E-state index contributed by atoms with van der Waals surface area (Å²) in [7, 11) is 1.34. The van der Waals surface area contributed by atoms with Gasteiger partial charge in [0.25, 0.3) is 7.82 Å². The maximum absolute atomic E-state index is 12.7. The van der Waals surface area contributed by atoms with E-state index in [4.69, 9.17) is 18.5 Å². The second-order valence-electron chi connectivity index (χ2n) is 16.7. The number of hydrogen-bond donors (Lipinski definition) is 0. The maximum Gasteiger partial charge on any atom is 0.306 e. The van der Waals surface area contributed by atoms with E-state index >= 15 is 0 Å². The van der Waals surface area contributed by atoms with Gasteiger partial charge in [0.2, 0.25) is 0 Å². The van der Waals surface area contributed by atoms with Gasteiger partial charge in [0.15, 0.2) is 0 Å². The summed E-state index contributed by atoms with van der Waals surface area (Å²) < 4.78 is 34.6. The smallest absolute Gasteiger partial charge is 0.306 e.